The number of rotatable bonds is 6. The molecule has 1 aromatic carbocycles. The predicted molar refractivity (Wildman–Crippen MR) is 96.0 cm³/mol. The molecule has 2 rings (SSSR count). The van der Waals surface area contributed by atoms with Crippen LogP contribution in [-0.4, -0.2) is 52.5 Å². The zero-order chi connectivity index (χ0) is 18.9. The van der Waals surface area contributed by atoms with Crippen LogP contribution in [0.2, 0.25) is 0 Å². The summed E-state index contributed by atoms with van der Waals surface area (Å²) >= 11 is 0. The number of hydrogen-bond donors (Lipinski definition) is 1. The molecule has 1 aromatic heterocycles. The Labute approximate surface area is 150 Å². The molecule has 0 spiro atoms. The van der Waals surface area contributed by atoms with Gasteiger partial charge in [0, 0.05) is 12.6 Å². The monoisotopic (exact) mass is 356 g/mol. The van der Waals surface area contributed by atoms with Crippen molar-refractivity contribution in [2.45, 2.75) is 13.8 Å². The third-order valence-electron chi connectivity index (χ3n) is 3.41. The molecular formula is C18H20N4O4. The highest BCUT2D eigenvalue weighted by molar-refractivity contribution is 5.97. The first-order valence-corrected chi connectivity index (χ1v) is 8.18. The van der Waals surface area contributed by atoms with Crippen LogP contribution in [0.15, 0.2) is 36.5 Å². The first-order valence-electron chi connectivity index (χ1n) is 8.18. The summed E-state index contributed by atoms with van der Waals surface area (Å²) < 4.78 is 4.63. The van der Waals surface area contributed by atoms with Crippen LogP contribution in [0.3, 0.4) is 0 Å². The fourth-order valence-electron chi connectivity index (χ4n) is 2.15. The van der Waals surface area contributed by atoms with E-state index >= 15 is 0 Å². The maximum Gasteiger partial charge on any atom is 0.413 e. The maximum absolute atomic E-state index is 12.3. The van der Waals surface area contributed by atoms with Crippen LogP contribution in [0.25, 0.3) is 17.1 Å². The van der Waals surface area contributed by atoms with Gasteiger partial charge >= 0.3 is 6.09 Å². The molecule has 26 heavy (non-hydrogen) atoms. The van der Waals surface area contributed by atoms with Gasteiger partial charge in [-0.05, 0) is 32.1 Å². The van der Waals surface area contributed by atoms with Gasteiger partial charge in [0.2, 0.25) is 11.8 Å². The summed E-state index contributed by atoms with van der Waals surface area (Å²) in [5, 5.41) is 2.05. The molecule has 0 unspecified atom stereocenters. The molecule has 0 bridgehead atoms. The number of ether oxygens (including phenoxy) is 1. The Bertz CT molecular complexity index is 835. The third kappa shape index (κ3) is 5.37. The summed E-state index contributed by atoms with van der Waals surface area (Å²) in [5.74, 6) is -0.987. The van der Waals surface area contributed by atoms with E-state index in [4.69, 9.17) is 0 Å². The van der Waals surface area contributed by atoms with Gasteiger partial charge in [-0.3, -0.25) is 19.9 Å². The summed E-state index contributed by atoms with van der Waals surface area (Å²) in [6.45, 7) is 3.58. The number of aromatic nitrogens is 2. The van der Waals surface area contributed by atoms with Crippen LogP contribution < -0.4 is 5.32 Å². The number of alkyl carbamates (subject to hydrolysis) is 1. The third-order valence-corrected chi connectivity index (χ3v) is 3.41. The van der Waals surface area contributed by atoms with Crippen LogP contribution in [0.5, 0.6) is 0 Å². The Kier molecular flexibility index (Phi) is 6.78. The Morgan fingerprint density at radius 2 is 1.92 bits per heavy atom. The second-order valence-corrected chi connectivity index (χ2v) is 5.24. The highest BCUT2D eigenvalue weighted by atomic mass is 16.5. The fraction of sp³-hybridized carbons (Fsp3) is 0.278. The maximum atomic E-state index is 12.3. The van der Waals surface area contributed by atoms with Gasteiger partial charge in [-0.15, -0.1) is 0 Å². The SMILES string of the molecule is CCOC(=O)NC(=O)CN(CC)C(=O)/C=C/c1cnc2ccccc2n1. The number of imide groups is 1. The largest absolute Gasteiger partial charge is 0.450 e. The molecule has 136 valence electrons. The van der Waals surface area contributed by atoms with Gasteiger partial charge in [0.15, 0.2) is 0 Å². The Morgan fingerprint density at radius 1 is 1.19 bits per heavy atom. The van der Waals surface area contributed by atoms with E-state index in [9.17, 15) is 14.4 Å². The second-order valence-electron chi connectivity index (χ2n) is 5.24. The van der Waals surface area contributed by atoms with Gasteiger partial charge in [-0.2, -0.15) is 0 Å². The molecule has 0 saturated carbocycles. The van der Waals surface area contributed by atoms with Crippen molar-refractivity contribution < 1.29 is 19.1 Å². The lowest BCUT2D eigenvalue weighted by molar-refractivity contribution is -0.131. The molecule has 1 N–H and O–H groups in total. The lowest BCUT2D eigenvalue weighted by Gasteiger charge is -2.18. The molecule has 0 radical (unpaired) electrons. The lowest BCUT2D eigenvalue weighted by Crippen LogP contribution is -2.42. The Balaban J connectivity index is 1.99. The molecule has 0 aliphatic heterocycles. The predicted octanol–water partition coefficient (Wildman–Crippen LogP) is 1.76. The van der Waals surface area contributed by atoms with Gasteiger partial charge in [-0.25, -0.2) is 9.78 Å². The van der Waals surface area contributed by atoms with E-state index in [1.54, 1.807) is 20.0 Å². The Morgan fingerprint density at radius 3 is 2.62 bits per heavy atom. The first kappa shape index (κ1) is 19.0. The molecular weight excluding hydrogens is 336 g/mol. The van der Waals surface area contributed by atoms with Crippen LogP contribution in [-0.2, 0) is 14.3 Å². The van der Waals surface area contributed by atoms with E-state index in [-0.39, 0.29) is 19.1 Å². The van der Waals surface area contributed by atoms with Gasteiger partial charge in [0.05, 0.1) is 29.5 Å². The van der Waals surface area contributed by atoms with E-state index in [0.29, 0.717) is 12.2 Å². The van der Waals surface area contributed by atoms with E-state index in [2.05, 4.69) is 20.0 Å². The molecule has 2 aromatic rings. The summed E-state index contributed by atoms with van der Waals surface area (Å²) in [5.41, 5.74) is 2.02. The van der Waals surface area contributed by atoms with Crippen molar-refractivity contribution in [3.63, 3.8) is 0 Å². The zero-order valence-corrected chi connectivity index (χ0v) is 14.6. The molecule has 0 fully saturated rings. The Hall–Kier alpha value is -3.29. The average molecular weight is 356 g/mol. The topological polar surface area (TPSA) is 101 Å². The van der Waals surface area contributed by atoms with Gasteiger partial charge < -0.3 is 9.64 Å². The minimum absolute atomic E-state index is 0.158. The van der Waals surface area contributed by atoms with Crippen LogP contribution in [0.4, 0.5) is 4.79 Å². The number of likely N-dealkylation sites (N-methyl/N-ethyl adjacent to an activating group) is 1. The van der Waals surface area contributed by atoms with Crippen molar-refractivity contribution in [3.05, 3.63) is 42.2 Å². The molecule has 1 heterocycles. The van der Waals surface area contributed by atoms with Crippen molar-refractivity contribution in [3.8, 4) is 0 Å². The van der Waals surface area contributed by atoms with Crippen LogP contribution in [0, 0.1) is 0 Å². The van der Waals surface area contributed by atoms with Gasteiger partial charge in [0.25, 0.3) is 0 Å². The van der Waals surface area contributed by atoms with E-state index in [1.165, 1.54) is 17.1 Å². The summed E-state index contributed by atoms with van der Waals surface area (Å²) in [6, 6.07) is 7.41. The quantitative estimate of drug-likeness (QED) is 0.792. The fourth-order valence-corrected chi connectivity index (χ4v) is 2.15. The number of hydrogen-bond acceptors (Lipinski definition) is 6. The molecule has 8 nitrogen and oxygen atoms in total. The number of nitrogens with zero attached hydrogens (tertiary/aromatic N) is 3. The van der Waals surface area contributed by atoms with Gasteiger partial charge in [-0.1, -0.05) is 12.1 Å². The zero-order valence-electron chi connectivity index (χ0n) is 14.6. The number of fused-ring (bicyclic) bond motifs is 1. The summed E-state index contributed by atoms with van der Waals surface area (Å²) in [7, 11) is 0. The number of amides is 3. The van der Waals surface area contributed by atoms with Crippen molar-refractivity contribution in [2.24, 2.45) is 0 Å². The number of nitrogens with one attached hydrogen (secondary N) is 1. The number of carbonyl (C=O) groups is 3. The van der Waals surface area contributed by atoms with E-state index in [0.717, 1.165) is 11.0 Å². The highest BCUT2D eigenvalue weighted by Crippen LogP contribution is 2.09. The average Bonchev–Trinajstić information content (AvgIpc) is 2.64. The van der Waals surface area contributed by atoms with E-state index < -0.39 is 12.0 Å². The number of para-hydroxylation sites is 2. The minimum atomic E-state index is -0.831. The van der Waals surface area contributed by atoms with Crippen LogP contribution >= 0.6 is 0 Å². The lowest BCUT2D eigenvalue weighted by atomic mass is 10.3. The van der Waals surface area contributed by atoms with Crippen molar-refractivity contribution in [2.75, 3.05) is 19.7 Å². The molecule has 3 amide bonds. The van der Waals surface area contributed by atoms with Crippen LogP contribution in [0.1, 0.15) is 19.5 Å². The number of carbonyl (C=O) groups excluding carboxylic acids is 3. The number of benzene rings is 1. The van der Waals surface area contributed by atoms with Crippen molar-refractivity contribution in [1.29, 1.82) is 0 Å². The second kappa shape index (κ2) is 9.26. The van der Waals surface area contributed by atoms with Crippen molar-refractivity contribution in [1.82, 2.24) is 20.2 Å². The van der Waals surface area contributed by atoms with E-state index in [1.807, 2.05) is 24.3 Å². The summed E-state index contributed by atoms with van der Waals surface area (Å²) in [4.78, 5) is 45.2. The molecule has 0 atom stereocenters. The first-order chi connectivity index (χ1) is 12.5. The molecule has 0 aliphatic rings. The standard InChI is InChI=1S/C18H20N4O4/c1-3-22(12-16(23)21-18(25)26-4-2)17(24)10-9-13-11-19-14-7-5-6-8-15(14)20-13/h5-11H,3-4,12H2,1-2H3,(H,21,23,25)/b10-9+. The molecule has 0 saturated heterocycles. The molecule has 8 heteroatoms. The summed E-state index contributed by atoms with van der Waals surface area (Å²) in [6.07, 6.45) is 3.59. The highest BCUT2D eigenvalue weighted by Gasteiger charge is 2.15. The smallest absolute Gasteiger partial charge is 0.413 e. The molecule has 0 aliphatic carbocycles. The minimum Gasteiger partial charge on any atom is -0.450 e. The normalized spacial score (nSPS) is 10.7. The van der Waals surface area contributed by atoms with Gasteiger partial charge in [0.1, 0.15) is 6.54 Å². The van der Waals surface area contributed by atoms with Crippen molar-refractivity contribution >= 4 is 35.0 Å².